The summed E-state index contributed by atoms with van der Waals surface area (Å²) in [6, 6.07) is 16.4. The maximum Gasteiger partial charge on any atom is 0.322 e. The molecule has 2 aromatic carbocycles. The van der Waals surface area contributed by atoms with Crippen LogP contribution in [0.3, 0.4) is 0 Å². The molecule has 1 aliphatic heterocycles. The molecule has 0 saturated carbocycles. The molecule has 3 rings (SSSR count). The number of hydrogen-bond acceptors (Lipinski definition) is 2. The van der Waals surface area contributed by atoms with Gasteiger partial charge in [-0.2, -0.15) is 0 Å². The number of anilines is 2. The molecule has 3 amide bonds. The van der Waals surface area contributed by atoms with Gasteiger partial charge in [0.15, 0.2) is 0 Å². The number of carbonyl (C=O) groups is 2. The molecule has 0 fully saturated rings. The van der Waals surface area contributed by atoms with E-state index in [4.69, 9.17) is 0 Å². The Labute approximate surface area is 141 Å². The predicted octanol–water partition coefficient (Wildman–Crippen LogP) is 3.52. The van der Waals surface area contributed by atoms with Crippen LogP contribution < -0.4 is 15.5 Å². The molecule has 0 bridgehead atoms. The molecular formula is C19H21N3O2. The minimum atomic E-state index is -0.485. The number of nitrogens with one attached hydrogen (secondary N) is 2. The molecule has 0 aromatic heterocycles. The molecule has 5 nitrogen and oxygen atoms in total. The molecule has 2 N–H and O–H groups in total. The lowest BCUT2D eigenvalue weighted by Crippen LogP contribution is -2.54. The Bertz CT molecular complexity index is 730. The minimum absolute atomic E-state index is 0.134. The van der Waals surface area contributed by atoms with Crippen LogP contribution >= 0.6 is 0 Å². The van der Waals surface area contributed by atoms with Crippen molar-refractivity contribution < 1.29 is 9.59 Å². The topological polar surface area (TPSA) is 61.4 Å². The zero-order valence-corrected chi connectivity index (χ0v) is 13.7. The summed E-state index contributed by atoms with van der Waals surface area (Å²) in [5.74, 6) is -0.134. The number of amides is 3. The van der Waals surface area contributed by atoms with Crippen LogP contribution in [0.15, 0.2) is 54.6 Å². The Morgan fingerprint density at radius 3 is 2.58 bits per heavy atom. The van der Waals surface area contributed by atoms with Gasteiger partial charge in [-0.15, -0.1) is 0 Å². The molecule has 1 unspecified atom stereocenters. The van der Waals surface area contributed by atoms with Crippen LogP contribution in [0, 0.1) is 0 Å². The number of rotatable bonds is 4. The summed E-state index contributed by atoms with van der Waals surface area (Å²) in [4.78, 5) is 26.8. The van der Waals surface area contributed by atoms with Crippen LogP contribution in [0.2, 0.25) is 0 Å². The van der Waals surface area contributed by atoms with Crippen molar-refractivity contribution in [2.45, 2.75) is 32.4 Å². The SMILES string of the molecule is CCCC1C(=O)Nc2ccccc2N1C(=O)NCc1ccccc1. The highest BCUT2D eigenvalue weighted by Gasteiger charge is 2.35. The van der Waals surface area contributed by atoms with Crippen LogP contribution in [0.4, 0.5) is 16.2 Å². The highest BCUT2D eigenvalue weighted by atomic mass is 16.2. The molecule has 1 heterocycles. The molecule has 2 aromatic rings. The highest BCUT2D eigenvalue weighted by Crippen LogP contribution is 2.33. The average Bonchev–Trinajstić information content (AvgIpc) is 2.61. The van der Waals surface area contributed by atoms with E-state index in [1.54, 1.807) is 4.90 Å². The van der Waals surface area contributed by atoms with E-state index >= 15 is 0 Å². The predicted molar refractivity (Wildman–Crippen MR) is 94.9 cm³/mol. The molecule has 1 aliphatic rings. The number of fused-ring (bicyclic) bond motifs is 1. The molecule has 5 heteroatoms. The fourth-order valence-electron chi connectivity index (χ4n) is 2.93. The van der Waals surface area contributed by atoms with Gasteiger partial charge in [-0.25, -0.2) is 4.79 Å². The van der Waals surface area contributed by atoms with Crippen molar-refractivity contribution in [3.05, 3.63) is 60.2 Å². The second kappa shape index (κ2) is 7.17. The lowest BCUT2D eigenvalue weighted by Gasteiger charge is -2.36. The van der Waals surface area contributed by atoms with E-state index in [2.05, 4.69) is 10.6 Å². The van der Waals surface area contributed by atoms with Gasteiger partial charge in [0.2, 0.25) is 5.91 Å². The number of carbonyl (C=O) groups excluding carboxylic acids is 2. The van der Waals surface area contributed by atoms with Crippen molar-refractivity contribution in [2.75, 3.05) is 10.2 Å². The number of para-hydroxylation sites is 2. The van der Waals surface area contributed by atoms with Gasteiger partial charge >= 0.3 is 6.03 Å². The summed E-state index contributed by atoms with van der Waals surface area (Å²) in [6.07, 6.45) is 1.45. The fourth-order valence-corrected chi connectivity index (χ4v) is 2.93. The van der Waals surface area contributed by atoms with E-state index in [9.17, 15) is 9.59 Å². The second-order valence-electron chi connectivity index (χ2n) is 5.83. The summed E-state index contributed by atoms with van der Waals surface area (Å²) >= 11 is 0. The van der Waals surface area contributed by atoms with Crippen molar-refractivity contribution in [2.24, 2.45) is 0 Å². The summed E-state index contributed by atoms with van der Waals surface area (Å²) in [7, 11) is 0. The molecule has 124 valence electrons. The smallest absolute Gasteiger partial charge is 0.322 e. The Morgan fingerprint density at radius 2 is 1.83 bits per heavy atom. The Morgan fingerprint density at radius 1 is 1.12 bits per heavy atom. The van der Waals surface area contributed by atoms with Crippen molar-refractivity contribution in [3.8, 4) is 0 Å². The quantitative estimate of drug-likeness (QED) is 0.904. The van der Waals surface area contributed by atoms with E-state index in [0.717, 1.165) is 17.7 Å². The number of hydrogen-bond donors (Lipinski definition) is 2. The van der Waals surface area contributed by atoms with Crippen LogP contribution in [0.25, 0.3) is 0 Å². The number of urea groups is 1. The third kappa shape index (κ3) is 3.25. The van der Waals surface area contributed by atoms with Crippen molar-refractivity contribution in [1.29, 1.82) is 0 Å². The van der Waals surface area contributed by atoms with Crippen LogP contribution in [0.5, 0.6) is 0 Å². The molecule has 0 radical (unpaired) electrons. The van der Waals surface area contributed by atoms with Gasteiger partial charge in [0.05, 0.1) is 11.4 Å². The first-order valence-corrected chi connectivity index (χ1v) is 8.21. The summed E-state index contributed by atoms with van der Waals surface area (Å²) < 4.78 is 0. The summed E-state index contributed by atoms with van der Waals surface area (Å²) in [5, 5.41) is 5.82. The molecular weight excluding hydrogens is 302 g/mol. The van der Waals surface area contributed by atoms with Gasteiger partial charge in [-0.05, 0) is 24.1 Å². The van der Waals surface area contributed by atoms with Crippen molar-refractivity contribution >= 4 is 23.3 Å². The van der Waals surface area contributed by atoms with Gasteiger partial charge < -0.3 is 10.6 Å². The van der Waals surface area contributed by atoms with Gasteiger partial charge in [0, 0.05) is 6.54 Å². The van der Waals surface area contributed by atoms with E-state index in [-0.39, 0.29) is 11.9 Å². The van der Waals surface area contributed by atoms with Crippen LogP contribution in [-0.4, -0.2) is 18.0 Å². The first-order valence-electron chi connectivity index (χ1n) is 8.21. The van der Waals surface area contributed by atoms with E-state index in [0.29, 0.717) is 18.7 Å². The lowest BCUT2D eigenvalue weighted by atomic mass is 10.0. The van der Waals surface area contributed by atoms with Crippen molar-refractivity contribution in [1.82, 2.24) is 5.32 Å². The van der Waals surface area contributed by atoms with Crippen molar-refractivity contribution in [3.63, 3.8) is 0 Å². The summed E-state index contributed by atoms with van der Waals surface area (Å²) in [5.41, 5.74) is 2.43. The molecule has 0 spiro atoms. The fraction of sp³-hybridized carbons (Fsp3) is 0.263. The monoisotopic (exact) mass is 323 g/mol. The maximum absolute atomic E-state index is 12.8. The Hall–Kier alpha value is -2.82. The molecule has 24 heavy (non-hydrogen) atoms. The van der Waals surface area contributed by atoms with E-state index < -0.39 is 6.04 Å². The van der Waals surface area contributed by atoms with Crippen LogP contribution in [-0.2, 0) is 11.3 Å². The van der Waals surface area contributed by atoms with Gasteiger partial charge in [0.1, 0.15) is 6.04 Å². The Kier molecular flexibility index (Phi) is 4.79. The van der Waals surface area contributed by atoms with Gasteiger partial charge in [-0.1, -0.05) is 55.8 Å². The largest absolute Gasteiger partial charge is 0.334 e. The zero-order valence-electron chi connectivity index (χ0n) is 13.7. The van der Waals surface area contributed by atoms with Gasteiger partial charge in [-0.3, -0.25) is 9.69 Å². The standard InChI is InChI=1S/C19H21N3O2/c1-2-8-17-18(23)21-15-11-6-7-12-16(15)22(17)19(24)20-13-14-9-4-3-5-10-14/h3-7,9-12,17H,2,8,13H2,1H3,(H,20,24)(H,21,23). The third-order valence-electron chi connectivity index (χ3n) is 4.10. The third-order valence-corrected chi connectivity index (χ3v) is 4.10. The lowest BCUT2D eigenvalue weighted by molar-refractivity contribution is -0.117. The van der Waals surface area contributed by atoms with E-state index in [1.165, 1.54) is 0 Å². The maximum atomic E-state index is 12.8. The normalized spacial score (nSPS) is 16.3. The second-order valence-corrected chi connectivity index (χ2v) is 5.83. The summed E-state index contributed by atoms with van der Waals surface area (Å²) in [6.45, 7) is 2.44. The zero-order chi connectivity index (χ0) is 16.9. The minimum Gasteiger partial charge on any atom is -0.334 e. The number of benzene rings is 2. The van der Waals surface area contributed by atoms with Crippen LogP contribution in [0.1, 0.15) is 25.3 Å². The Balaban J connectivity index is 1.84. The van der Waals surface area contributed by atoms with Gasteiger partial charge in [0.25, 0.3) is 0 Å². The first kappa shape index (κ1) is 16.1. The first-order chi connectivity index (χ1) is 11.7. The average molecular weight is 323 g/mol. The number of nitrogens with zero attached hydrogens (tertiary/aromatic N) is 1. The molecule has 0 aliphatic carbocycles. The molecule has 1 atom stereocenters. The van der Waals surface area contributed by atoms with E-state index in [1.807, 2.05) is 61.5 Å². The molecule has 0 saturated heterocycles. The highest BCUT2D eigenvalue weighted by molar-refractivity contribution is 6.11.